The standard InChI is InChI=1S/C32H36F4O2.Ca/c1-6-31(7-2,26-13-12-23(21(3)17-26)9-8-16-32(34,35)36)27-14-15-28(22(4)18-27)24-10-11-25(29(33)19-24)20-30(37)38-5;/h10-14,17-19,28H,6-9,15,20H2,1-5H3;. The number of carbonyl (C=O) groups excluding carboxylic acids is 1. The number of carbonyl (C=O) groups is 1. The quantitative estimate of drug-likeness (QED) is 0.166. The zero-order valence-electron chi connectivity index (χ0n) is 23.5. The van der Waals surface area contributed by atoms with Crippen LogP contribution in [0, 0.1) is 12.7 Å². The van der Waals surface area contributed by atoms with Crippen LogP contribution >= 0.6 is 0 Å². The molecule has 0 spiro atoms. The molecule has 39 heavy (non-hydrogen) atoms. The average Bonchev–Trinajstić information content (AvgIpc) is 2.89. The molecule has 0 heterocycles. The summed E-state index contributed by atoms with van der Waals surface area (Å²) >= 11 is 0.139. The van der Waals surface area contributed by atoms with Crippen LogP contribution < -0.4 is 0 Å². The van der Waals surface area contributed by atoms with Crippen molar-refractivity contribution in [2.24, 2.45) is 0 Å². The minimum atomic E-state index is -4.19. The van der Waals surface area contributed by atoms with E-state index in [0.717, 1.165) is 41.5 Å². The Morgan fingerprint density at radius 1 is 1.05 bits per heavy atom. The van der Waals surface area contributed by atoms with Crippen LogP contribution in [-0.4, -0.2) is 56.1 Å². The number of aryl methyl sites for hydroxylation is 2. The summed E-state index contributed by atoms with van der Waals surface area (Å²) in [6, 6.07) is 11.3. The van der Waals surface area contributed by atoms with Crippen LogP contribution in [0.2, 0.25) is 0 Å². The van der Waals surface area contributed by atoms with Crippen LogP contribution in [0.1, 0.15) is 80.2 Å². The van der Waals surface area contributed by atoms with Gasteiger partial charge in [0.05, 0.1) is 13.5 Å². The topological polar surface area (TPSA) is 26.3 Å². The Morgan fingerprint density at radius 3 is 2.26 bits per heavy atom. The van der Waals surface area contributed by atoms with Gasteiger partial charge < -0.3 is 4.74 Å². The van der Waals surface area contributed by atoms with E-state index in [0.29, 0.717) is 12.0 Å². The molecule has 1 aliphatic rings. The van der Waals surface area contributed by atoms with Crippen molar-refractivity contribution in [2.75, 3.05) is 7.11 Å². The van der Waals surface area contributed by atoms with Gasteiger partial charge in [0.2, 0.25) is 0 Å². The van der Waals surface area contributed by atoms with Crippen molar-refractivity contribution >= 4 is 42.8 Å². The monoisotopic (exact) mass is 568 g/mol. The molecule has 0 N–H and O–H groups in total. The molecule has 1 aliphatic carbocycles. The molecule has 2 aromatic rings. The predicted octanol–water partition coefficient (Wildman–Crippen LogP) is 7.80. The van der Waals surface area contributed by atoms with E-state index in [1.807, 2.05) is 19.1 Å². The van der Waals surface area contributed by atoms with E-state index in [4.69, 9.17) is 0 Å². The van der Waals surface area contributed by atoms with Crippen LogP contribution in [0.15, 0.2) is 59.7 Å². The van der Waals surface area contributed by atoms with Gasteiger partial charge in [-0.3, -0.25) is 4.79 Å². The van der Waals surface area contributed by atoms with E-state index in [2.05, 4.69) is 49.8 Å². The molecule has 0 saturated heterocycles. The second-order valence-electron chi connectivity index (χ2n) is 10.5. The van der Waals surface area contributed by atoms with Crippen molar-refractivity contribution in [3.63, 3.8) is 0 Å². The number of esters is 1. The van der Waals surface area contributed by atoms with Crippen molar-refractivity contribution in [1.82, 2.24) is 0 Å². The molecule has 0 amide bonds. The third kappa shape index (κ3) is 7.31. The molecule has 3 rings (SSSR count). The van der Waals surface area contributed by atoms with Gasteiger partial charge in [0, 0.05) is 0 Å². The van der Waals surface area contributed by atoms with Crippen LogP contribution in [0.5, 0.6) is 0 Å². The first-order valence-electron chi connectivity index (χ1n) is 13.4. The number of halogens is 4. The van der Waals surface area contributed by atoms with Crippen LogP contribution in [0.4, 0.5) is 17.6 Å². The van der Waals surface area contributed by atoms with Crippen molar-refractivity contribution in [3.8, 4) is 0 Å². The molecule has 0 fully saturated rings. The van der Waals surface area contributed by atoms with E-state index in [-0.39, 0.29) is 61.0 Å². The molecule has 2 aromatic carbocycles. The predicted molar refractivity (Wildman–Crippen MR) is 150 cm³/mol. The summed E-state index contributed by atoms with van der Waals surface area (Å²) in [5, 5.41) is 0. The summed E-state index contributed by atoms with van der Waals surface area (Å²) in [5.41, 5.74) is 6.50. The maximum atomic E-state index is 14.8. The summed E-state index contributed by atoms with van der Waals surface area (Å²) in [4.78, 5) is 11.6. The Morgan fingerprint density at radius 2 is 1.72 bits per heavy atom. The molecule has 0 radical (unpaired) electrons. The maximum absolute atomic E-state index is 14.8. The fourth-order valence-corrected chi connectivity index (χ4v) is 5.93. The number of rotatable bonds is 10. The van der Waals surface area contributed by atoms with Gasteiger partial charge in [-0.1, -0.05) is 12.1 Å². The summed E-state index contributed by atoms with van der Waals surface area (Å²) in [6.45, 7) is 8.40. The van der Waals surface area contributed by atoms with E-state index in [1.54, 1.807) is 6.07 Å². The Hall–Kier alpha value is -1.76. The second-order valence-corrected chi connectivity index (χ2v) is 11.8. The first kappa shape index (κ1) is 31.8. The molecule has 1 unspecified atom stereocenters. The Bertz CT molecular complexity index is 1290. The van der Waals surface area contributed by atoms with E-state index in [9.17, 15) is 22.4 Å². The van der Waals surface area contributed by atoms with Gasteiger partial charge >= 0.3 is 191 Å². The fraction of sp³-hybridized carbons (Fsp3) is 0.438. The molecule has 7 heteroatoms. The first-order valence-corrected chi connectivity index (χ1v) is 14.6. The van der Waals surface area contributed by atoms with Gasteiger partial charge in [0.1, 0.15) is 5.82 Å². The molecular formula is C32H36CaF4O2. The number of methoxy groups -OCH3 is 1. The van der Waals surface area contributed by atoms with Gasteiger partial charge in [-0.25, -0.2) is 4.39 Å². The molecule has 0 saturated carbocycles. The first-order chi connectivity index (χ1) is 18.4. The molecular weight excluding hydrogens is 532 g/mol. The number of alkyl halides is 3. The molecule has 0 bridgehead atoms. The van der Waals surface area contributed by atoms with Crippen molar-refractivity contribution < 1.29 is 27.1 Å². The summed E-state index contributed by atoms with van der Waals surface area (Å²) < 4.78 is 58.0. The average molecular weight is 569 g/mol. The van der Waals surface area contributed by atoms with Gasteiger partial charge in [0.15, 0.2) is 0 Å². The number of hydrogen-bond donors (Lipinski definition) is 0. The number of allylic oxidation sites excluding steroid dienone is 4. The second kappa shape index (κ2) is 13.3. The Kier molecular flexibility index (Phi) is 10.8. The number of ether oxygens (including phenoxy) is 1. The van der Waals surface area contributed by atoms with Crippen molar-refractivity contribution in [3.05, 3.63) is 93.3 Å². The van der Waals surface area contributed by atoms with Gasteiger partial charge in [-0.05, 0) is 17.2 Å². The molecule has 0 aromatic heterocycles. The van der Waals surface area contributed by atoms with E-state index < -0.39 is 18.0 Å². The van der Waals surface area contributed by atoms with Crippen molar-refractivity contribution in [2.45, 2.75) is 83.7 Å². The van der Waals surface area contributed by atoms with Crippen LogP contribution in [-0.2, 0) is 27.8 Å². The third-order valence-electron chi connectivity index (χ3n) is 8.30. The van der Waals surface area contributed by atoms with Crippen LogP contribution in [0.3, 0.4) is 0 Å². The van der Waals surface area contributed by atoms with E-state index >= 15 is 0 Å². The zero-order chi connectivity index (χ0) is 29.0. The molecule has 1 atom stereocenters. The number of benzene rings is 2. The van der Waals surface area contributed by atoms with Gasteiger partial charge in [-0.15, -0.1) is 0 Å². The van der Waals surface area contributed by atoms with Gasteiger partial charge in [0.25, 0.3) is 0 Å². The molecule has 2 nitrogen and oxygen atoms in total. The summed E-state index contributed by atoms with van der Waals surface area (Å²) in [6.07, 6.45) is 3.12. The SMILES string of the molecule is CCC(CC)(C1=CCC(c2ccc(CC(=O)OC)c(F)c2)C(C)=C1)c1ccc(CC[C](=[Ca])C(F)(F)F)c(C)c1. The fourth-order valence-electron chi connectivity index (χ4n) is 5.65. The van der Waals surface area contributed by atoms with Crippen LogP contribution in [0.25, 0.3) is 0 Å². The molecule has 206 valence electrons. The molecule has 0 aliphatic heterocycles. The Labute approximate surface area is 252 Å². The minimum absolute atomic E-state index is 0.0438. The van der Waals surface area contributed by atoms with E-state index in [1.165, 1.54) is 24.3 Å². The normalized spacial score (nSPS) is 16.0. The van der Waals surface area contributed by atoms with Gasteiger partial charge in [-0.2, -0.15) is 0 Å². The Balaban J connectivity index is 1.85. The number of hydrogen-bond acceptors (Lipinski definition) is 2. The third-order valence-corrected chi connectivity index (χ3v) is 9.48. The summed E-state index contributed by atoms with van der Waals surface area (Å²) in [5.74, 6) is -0.835. The summed E-state index contributed by atoms with van der Waals surface area (Å²) in [7, 11) is 1.29. The van der Waals surface area contributed by atoms with Crippen molar-refractivity contribution in [1.29, 1.82) is 0 Å². The zero-order valence-corrected chi connectivity index (χ0v) is 25.7.